The Labute approximate surface area is 122 Å². The van der Waals surface area contributed by atoms with Crippen LogP contribution in [0.5, 0.6) is 0 Å². The zero-order valence-corrected chi connectivity index (χ0v) is 12.3. The van der Waals surface area contributed by atoms with Crippen molar-refractivity contribution in [1.82, 2.24) is 4.98 Å². The van der Waals surface area contributed by atoms with Crippen LogP contribution < -0.4 is 5.32 Å². The molecule has 0 spiro atoms. The first-order chi connectivity index (χ1) is 9.40. The molecule has 0 aliphatic rings. The number of halogens is 1. The molecule has 1 aromatic carbocycles. The molecule has 4 nitrogen and oxygen atoms in total. The fourth-order valence-corrected chi connectivity index (χ4v) is 2.30. The van der Waals surface area contributed by atoms with Crippen LogP contribution in [0.3, 0.4) is 0 Å². The molecule has 2 aromatic rings. The first-order valence-electron chi connectivity index (χ1n) is 6.17. The monoisotopic (exact) mass is 290 g/mol. The predicted octanol–water partition coefficient (Wildman–Crippen LogP) is 3.74. The highest BCUT2D eigenvalue weighted by Crippen LogP contribution is 2.20. The van der Waals surface area contributed by atoms with Crippen molar-refractivity contribution in [1.29, 1.82) is 0 Å². The molecule has 104 valence electrons. The van der Waals surface area contributed by atoms with E-state index >= 15 is 0 Å². The van der Waals surface area contributed by atoms with Gasteiger partial charge in [0.15, 0.2) is 5.78 Å². The normalized spacial score (nSPS) is 10.4. The number of anilines is 1. The largest absolute Gasteiger partial charge is 0.355 e. The van der Waals surface area contributed by atoms with Crippen LogP contribution in [0.25, 0.3) is 0 Å². The van der Waals surface area contributed by atoms with Gasteiger partial charge in [-0.05, 0) is 43.7 Å². The molecular weight excluding hydrogens is 276 g/mol. The predicted molar refractivity (Wildman–Crippen MR) is 79.7 cm³/mol. The highest BCUT2D eigenvalue weighted by Gasteiger charge is 2.20. The Balaban J connectivity index is 2.30. The van der Waals surface area contributed by atoms with Gasteiger partial charge in [0, 0.05) is 23.3 Å². The highest BCUT2D eigenvalue weighted by atomic mass is 35.5. The van der Waals surface area contributed by atoms with Crippen molar-refractivity contribution in [2.24, 2.45) is 0 Å². The lowest BCUT2D eigenvalue weighted by Crippen LogP contribution is -2.13. The third kappa shape index (κ3) is 2.75. The van der Waals surface area contributed by atoms with Crippen molar-refractivity contribution in [2.75, 3.05) is 5.32 Å². The Morgan fingerprint density at radius 1 is 1.15 bits per heavy atom. The summed E-state index contributed by atoms with van der Waals surface area (Å²) in [5, 5.41) is 3.40. The summed E-state index contributed by atoms with van der Waals surface area (Å²) in [6.07, 6.45) is 0. The van der Waals surface area contributed by atoms with E-state index in [4.69, 9.17) is 11.6 Å². The molecular formula is C15H15ClN2O2. The Hall–Kier alpha value is -2.07. The molecule has 2 N–H and O–H groups in total. The van der Waals surface area contributed by atoms with E-state index in [9.17, 15) is 9.59 Å². The van der Waals surface area contributed by atoms with E-state index < -0.39 is 0 Å². The van der Waals surface area contributed by atoms with Crippen molar-refractivity contribution in [2.45, 2.75) is 20.8 Å². The molecule has 0 aliphatic heterocycles. The average molecular weight is 291 g/mol. The second kappa shape index (κ2) is 5.51. The van der Waals surface area contributed by atoms with E-state index in [1.54, 1.807) is 38.1 Å². The van der Waals surface area contributed by atoms with Crippen molar-refractivity contribution < 1.29 is 9.59 Å². The van der Waals surface area contributed by atoms with Gasteiger partial charge < -0.3 is 10.3 Å². The van der Waals surface area contributed by atoms with Crippen molar-refractivity contribution in [3.8, 4) is 0 Å². The second-order valence-electron chi connectivity index (χ2n) is 4.64. The van der Waals surface area contributed by atoms with Gasteiger partial charge >= 0.3 is 0 Å². The number of amides is 1. The summed E-state index contributed by atoms with van der Waals surface area (Å²) < 4.78 is 0. The molecule has 5 heteroatoms. The zero-order valence-electron chi connectivity index (χ0n) is 11.5. The van der Waals surface area contributed by atoms with Gasteiger partial charge in [0.1, 0.15) is 0 Å². The fraction of sp³-hybridized carbons (Fsp3) is 0.200. The van der Waals surface area contributed by atoms with E-state index in [0.717, 1.165) is 0 Å². The number of carbonyl (C=O) groups is 2. The Morgan fingerprint density at radius 2 is 1.75 bits per heavy atom. The van der Waals surface area contributed by atoms with Gasteiger partial charge in [-0.25, -0.2) is 0 Å². The number of rotatable bonds is 3. The number of Topliss-reactive ketones (excluding diaryl/α,β-unsaturated/α-hetero) is 1. The Bertz CT molecular complexity index is 672. The maximum absolute atomic E-state index is 12.3. The number of benzene rings is 1. The highest BCUT2D eigenvalue weighted by molar-refractivity contribution is 6.30. The van der Waals surface area contributed by atoms with E-state index in [2.05, 4.69) is 10.3 Å². The van der Waals surface area contributed by atoms with Crippen LogP contribution in [0.1, 0.15) is 39.0 Å². The summed E-state index contributed by atoms with van der Waals surface area (Å²) >= 11 is 5.80. The van der Waals surface area contributed by atoms with Gasteiger partial charge in [0.25, 0.3) is 5.91 Å². The molecule has 0 saturated heterocycles. The van der Waals surface area contributed by atoms with Crippen molar-refractivity contribution in [3.05, 3.63) is 51.8 Å². The molecule has 0 radical (unpaired) electrons. The zero-order chi connectivity index (χ0) is 14.9. The second-order valence-corrected chi connectivity index (χ2v) is 5.08. The quantitative estimate of drug-likeness (QED) is 0.846. The molecule has 1 heterocycles. The summed E-state index contributed by atoms with van der Waals surface area (Å²) in [6, 6.07) is 6.86. The third-order valence-electron chi connectivity index (χ3n) is 3.12. The number of H-pyrrole nitrogens is 1. The van der Waals surface area contributed by atoms with E-state index in [-0.39, 0.29) is 11.7 Å². The molecule has 20 heavy (non-hydrogen) atoms. The summed E-state index contributed by atoms with van der Waals surface area (Å²) in [6.45, 7) is 5.01. The third-order valence-corrected chi connectivity index (χ3v) is 3.37. The minimum absolute atomic E-state index is 0.0869. The number of aryl methyl sites for hydroxylation is 1. The lowest BCUT2D eigenvalue weighted by Gasteiger charge is -2.06. The van der Waals surface area contributed by atoms with Gasteiger partial charge in [0.05, 0.1) is 11.3 Å². The van der Waals surface area contributed by atoms with Crippen molar-refractivity contribution in [3.63, 3.8) is 0 Å². The van der Waals surface area contributed by atoms with Crippen LogP contribution in [0.15, 0.2) is 24.3 Å². The lowest BCUT2D eigenvalue weighted by atomic mass is 10.1. The van der Waals surface area contributed by atoms with Crippen LogP contribution in [-0.4, -0.2) is 16.7 Å². The maximum atomic E-state index is 12.3. The Kier molecular flexibility index (Phi) is 3.95. The molecule has 1 amide bonds. The van der Waals surface area contributed by atoms with E-state index in [1.165, 1.54) is 6.92 Å². The van der Waals surface area contributed by atoms with Crippen LogP contribution in [0.4, 0.5) is 5.69 Å². The number of aromatic nitrogens is 1. The standard InChI is InChI=1S/C15H15ClN2O2/c1-8-13(9(2)17-14(8)10(3)19)15(20)18-12-6-4-11(16)5-7-12/h4-7,17H,1-3H3,(H,18,20). The molecule has 0 unspecified atom stereocenters. The molecule has 0 bridgehead atoms. The number of aromatic amines is 1. The molecule has 0 saturated carbocycles. The summed E-state index contributed by atoms with van der Waals surface area (Å²) in [4.78, 5) is 26.7. The van der Waals surface area contributed by atoms with Crippen LogP contribution in [0, 0.1) is 13.8 Å². The SMILES string of the molecule is CC(=O)c1[nH]c(C)c(C(=O)Nc2ccc(Cl)cc2)c1C. The fourth-order valence-electron chi connectivity index (χ4n) is 2.17. The molecule has 0 atom stereocenters. The molecule has 0 aliphatic carbocycles. The average Bonchev–Trinajstić information content (AvgIpc) is 2.68. The van der Waals surface area contributed by atoms with Gasteiger partial charge in [-0.3, -0.25) is 9.59 Å². The lowest BCUT2D eigenvalue weighted by molar-refractivity contribution is 0.101. The first-order valence-corrected chi connectivity index (χ1v) is 6.55. The summed E-state index contributed by atoms with van der Waals surface area (Å²) in [5.74, 6) is -0.331. The minimum atomic E-state index is -0.244. The van der Waals surface area contributed by atoms with Gasteiger partial charge in [0.2, 0.25) is 0 Å². The van der Waals surface area contributed by atoms with Crippen LogP contribution >= 0.6 is 11.6 Å². The van der Waals surface area contributed by atoms with Crippen LogP contribution in [0.2, 0.25) is 5.02 Å². The number of hydrogen-bond acceptors (Lipinski definition) is 2. The summed E-state index contributed by atoms with van der Waals surface area (Å²) in [5.41, 5.74) is 2.98. The Morgan fingerprint density at radius 3 is 2.25 bits per heavy atom. The number of carbonyl (C=O) groups excluding carboxylic acids is 2. The van der Waals surface area contributed by atoms with Gasteiger partial charge in [-0.2, -0.15) is 0 Å². The van der Waals surface area contributed by atoms with Gasteiger partial charge in [-0.1, -0.05) is 11.6 Å². The minimum Gasteiger partial charge on any atom is -0.355 e. The van der Waals surface area contributed by atoms with Crippen molar-refractivity contribution >= 4 is 29.0 Å². The summed E-state index contributed by atoms with van der Waals surface area (Å²) in [7, 11) is 0. The van der Waals surface area contributed by atoms with Gasteiger partial charge in [-0.15, -0.1) is 0 Å². The first kappa shape index (κ1) is 14.3. The smallest absolute Gasteiger partial charge is 0.257 e. The van der Waals surface area contributed by atoms with Crippen LogP contribution in [-0.2, 0) is 0 Å². The number of ketones is 1. The number of hydrogen-bond donors (Lipinski definition) is 2. The molecule has 1 aromatic heterocycles. The van der Waals surface area contributed by atoms with E-state index in [1.807, 2.05) is 0 Å². The van der Waals surface area contributed by atoms with E-state index in [0.29, 0.717) is 33.2 Å². The maximum Gasteiger partial charge on any atom is 0.257 e. The molecule has 0 fully saturated rings. The number of nitrogens with one attached hydrogen (secondary N) is 2. The molecule has 2 rings (SSSR count). The topological polar surface area (TPSA) is 62.0 Å².